The molecule has 1 rings (SSSR count). The quantitative estimate of drug-likeness (QED) is 0.336. The molecule has 3 N–H and O–H groups in total. The van der Waals surface area contributed by atoms with Crippen molar-refractivity contribution in [3.8, 4) is 0 Å². The van der Waals surface area contributed by atoms with Crippen LogP contribution in [0.5, 0.6) is 0 Å². The lowest BCUT2D eigenvalue weighted by Gasteiger charge is -2.13. The molecule has 1 aromatic rings. The molecule has 0 fully saturated rings. The van der Waals surface area contributed by atoms with E-state index in [2.05, 4.69) is 34.8 Å². The maximum Gasteiger partial charge on any atom is 0.252 e. The monoisotopic (exact) mass is 368 g/mol. The molecule has 0 atom stereocenters. The SMILES string of the molecule is CN=C(NCCNC(=O)c1ccccc1Cl)NCCOCCC(C)C. The molecular formula is C18H29ClN4O2. The van der Waals surface area contributed by atoms with E-state index in [1.54, 1.807) is 31.3 Å². The van der Waals surface area contributed by atoms with Gasteiger partial charge in [0, 0.05) is 33.3 Å². The number of carbonyl (C=O) groups excluding carboxylic acids is 1. The van der Waals surface area contributed by atoms with E-state index in [4.69, 9.17) is 16.3 Å². The summed E-state index contributed by atoms with van der Waals surface area (Å²) in [7, 11) is 1.71. The second-order valence-electron chi connectivity index (χ2n) is 5.96. The van der Waals surface area contributed by atoms with E-state index in [9.17, 15) is 4.79 Å². The first-order chi connectivity index (χ1) is 12.0. The van der Waals surface area contributed by atoms with E-state index in [0.717, 1.165) is 13.0 Å². The van der Waals surface area contributed by atoms with Gasteiger partial charge in [-0.1, -0.05) is 37.6 Å². The van der Waals surface area contributed by atoms with Crippen LogP contribution in [0, 0.1) is 5.92 Å². The Morgan fingerprint density at radius 2 is 1.80 bits per heavy atom. The van der Waals surface area contributed by atoms with Crippen LogP contribution in [-0.4, -0.2) is 51.8 Å². The third-order valence-electron chi connectivity index (χ3n) is 3.42. The average Bonchev–Trinajstić information content (AvgIpc) is 2.59. The van der Waals surface area contributed by atoms with Crippen LogP contribution in [0.3, 0.4) is 0 Å². The summed E-state index contributed by atoms with van der Waals surface area (Å²) in [4.78, 5) is 16.1. The smallest absolute Gasteiger partial charge is 0.252 e. The van der Waals surface area contributed by atoms with Crippen LogP contribution in [0.2, 0.25) is 5.02 Å². The van der Waals surface area contributed by atoms with Crippen LogP contribution in [0.1, 0.15) is 30.6 Å². The largest absolute Gasteiger partial charge is 0.380 e. The normalized spacial score (nSPS) is 11.5. The standard InChI is InChI=1S/C18H29ClN4O2/c1-14(2)8-12-25-13-11-23-18(20-3)22-10-9-21-17(24)15-6-4-5-7-16(15)19/h4-7,14H,8-13H2,1-3H3,(H,21,24)(H2,20,22,23). The first kappa shape index (κ1) is 21.3. The van der Waals surface area contributed by atoms with Crippen molar-refractivity contribution in [3.05, 3.63) is 34.9 Å². The Balaban J connectivity index is 2.15. The predicted molar refractivity (Wildman–Crippen MR) is 103 cm³/mol. The number of guanidine groups is 1. The first-order valence-corrected chi connectivity index (χ1v) is 8.97. The van der Waals surface area contributed by atoms with Crippen molar-refractivity contribution in [3.63, 3.8) is 0 Å². The third-order valence-corrected chi connectivity index (χ3v) is 3.75. The first-order valence-electron chi connectivity index (χ1n) is 8.59. The summed E-state index contributed by atoms with van der Waals surface area (Å²) in [5, 5.41) is 9.57. The van der Waals surface area contributed by atoms with Crippen molar-refractivity contribution in [2.24, 2.45) is 10.9 Å². The number of nitrogens with one attached hydrogen (secondary N) is 3. The molecule has 0 saturated heterocycles. The van der Waals surface area contributed by atoms with Gasteiger partial charge >= 0.3 is 0 Å². The van der Waals surface area contributed by atoms with Gasteiger partial charge in [0.05, 0.1) is 17.2 Å². The van der Waals surface area contributed by atoms with Gasteiger partial charge in [-0.2, -0.15) is 0 Å². The molecule has 140 valence electrons. The molecule has 0 saturated carbocycles. The van der Waals surface area contributed by atoms with Gasteiger partial charge in [0.15, 0.2) is 5.96 Å². The lowest BCUT2D eigenvalue weighted by atomic mass is 10.1. The van der Waals surface area contributed by atoms with Crippen molar-refractivity contribution in [1.29, 1.82) is 0 Å². The zero-order valence-corrected chi connectivity index (χ0v) is 16.0. The van der Waals surface area contributed by atoms with Crippen molar-refractivity contribution in [2.75, 3.05) is 39.9 Å². The van der Waals surface area contributed by atoms with Crippen molar-refractivity contribution in [2.45, 2.75) is 20.3 Å². The average molecular weight is 369 g/mol. The molecule has 0 heterocycles. The van der Waals surface area contributed by atoms with Gasteiger partial charge in [0.2, 0.25) is 0 Å². The van der Waals surface area contributed by atoms with Crippen LogP contribution < -0.4 is 16.0 Å². The molecule has 0 aliphatic rings. The number of halogens is 1. The van der Waals surface area contributed by atoms with Crippen molar-refractivity contribution in [1.82, 2.24) is 16.0 Å². The Kier molecular flexibility index (Phi) is 10.7. The van der Waals surface area contributed by atoms with Gasteiger partial charge in [-0.15, -0.1) is 0 Å². The minimum atomic E-state index is -0.186. The van der Waals surface area contributed by atoms with Crippen LogP contribution in [-0.2, 0) is 4.74 Å². The number of carbonyl (C=O) groups is 1. The molecule has 0 aliphatic heterocycles. The highest BCUT2D eigenvalue weighted by atomic mass is 35.5. The van der Waals surface area contributed by atoms with E-state index >= 15 is 0 Å². The molecule has 0 aliphatic carbocycles. The summed E-state index contributed by atoms with van der Waals surface area (Å²) in [5.74, 6) is 1.15. The lowest BCUT2D eigenvalue weighted by Crippen LogP contribution is -2.42. The fraction of sp³-hybridized carbons (Fsp3) is 0.556. The highest BCUT2D eigenvalue weighted by molar-refractivity contribution is 6.33. The molecule has 0 aromatic heterocycles. The summed E-state index contributed by atoms with van der Waals surface area (Å²) < 4.78 is 5.54. The second kappa shape index (κ2) is 12.6. The van der Waals surface area contributed by atoms with Crippen LogP contribution in [0.15, 0.2) is 29.3 Å². The molecular weight excluding hydrogens is 340 g/mol. The Morgan fingerprint density at radius 1 is 1.12 bits per heavy atom. The van der Waals surface area contributed by atoms with Crippen molar-refractivity contribution < 1.29 is 9.53 Å². The molecule has 7 heteroatoms. The maximum absolute atomic E-state index is 12.0. The van der Waals surface area contributed by atoms with Crippen LogP contribution in [0.25, 0.3) is 0 Å². The zero-order valence-electron chi connectivity index (χ0n) is 15.3. The summed E-state index contributed by atoms with van der Waals surface area (Å²) in [6.45, 7) is 7.48. The Labute approximate surface area is 155 Å². The van der Waals surface area contributed by atoms with Gasteiger partial charge in [-0.3, -0.25) is 9.79 Å². The summed E-state index contributed by atoms with van der Waals surface area (Å²) in [5.41, 5.74) is 0.477. The van der Waals surface area contributed by atoms with Crippen molar-refractivity contribution >= 4 is 23.5 Å². The molecule has 6 nitrogen and oxygen atoms in total. The highest BCUT2D eigenvalue weighted by Crippen LogP contribution is 2.14. The van der Waals surface area contributed by atoms with Gasteiger partial charge in [0.25, 0.3) is 5.91 Å². The summed E-state index contributed by atoms with van der Waals surface area (Å²) >= 11 is 6.00. The summed E-state index contributed by atoms with van der Waals surface area (Å²) in [6.07, 6.45) is 1.07. The van der Waals surface area contributed by atoms with Gasteiger partial charge in [0.1, 0.15) is 0 Å². The molecule has 0 spiro atoms. The van der Waals surface area contributed by atoms with E-state index in [1.807, 2.05) is 0 Å². The minimum Gasteiger partial charge on any atom is -0.380 e. The molecule has 1 amide bonds. The van der Waals surface area contributed by atoms with E-state index in [-0.39, 0.29) is 5.91 Å². The fourth-order valence-corrected chi connectivity index (χ4v) is 2.20. The Bertz CT molecular complexity index is 550. The molecule has 0 bridgehead atoms. The third kappa shape index (κ3) is 9.31. The lowest BCUT2D eigenvalue weighted by molar-refractivity contribution is 0.0954. The number of hydrogen-bond donors (Lipinski definition) is 3. The van der Waals surface area contributed by atoms with Gasteiger partial charge in [-0.25, -0.2) is 0 Å². The number of rotatable bonds is 10. The van der Waals surface area contributed by atoms with Crippen LogP contribution >= 0.6 is 11.6 Å². The maximum atomic E-state index is 12.0. The number of benzene rings is 1. The highest BCUT2D eigenvalue weighted by Gasteiger charge is 2.08. The predicted octanol–water partition coefficient (Wildman–Crippen LogP) is 2.30. The molecule has 25 heavy (non-hydrogen) atoms. The number of aliphatic imine (C=N–C) groups is 1. The molecule has 0 radical (unpaired) electrons. The van der Waals surface area contributed by atoms with Crippen LogP contribution in [0.4, 0.5) is 0 Å². The number of ether oxygens (including phenoxy) is 1. The molecule has 1 aromatic carbocycles. The second-order valence-corrected chi connectivity index (χ2v) is 6.36. The minimum absolute atomic E-state index is 0.186. The Morgan fingerprint density at radius 3 is 2.48 bits per heavy atom. The topological polar surface area (TPSA) is 74.8 Å². The number of amides is 1. The number of hydrogen-bond acceptors (Lipinski definition) is 3. The summed E-state index contributed by atoms with van der Waals surface area (Å²) in [6, 6.07) is 6.98. The number of nitrogens with zero attached hydrogens (tertiary/aromatic N) is 1. The fourth-order valence-electron chi connectivity index (χ4n) is 1.98. The van der Waals surface area contributed by atoms with E-state index in [0.29, 0.717) is 48.7 Å². The van der Waals surface area contributed by atoms with Gasteiger partial charge < -0.3 is 20.7 Å². The van der Waals surface area contributed by atoms with Gasteiger partial charge in [-0.05, 0) is 24.5 Å². The van der Waals surface area contributed by atoms with E-state index < -0.39 is 0 Å². The van der Waals surface area contributed by atoms with E-state index in [1.165, 1.54) is 0 Å². The molecule has 0 unspecified atom stereocenters. The zero-order chi connectivity index (χ0) is 18.5. The Hall–Kier alpha value is -1.79.